The SMILES string of the molecule is O=C(COCc1ccccc1)N[C@H]1[C@H]([C@H](OC(=O)c2ccccn2)[C@@H](COC(=O)c2ccccc2)OC(=O)c2ccccn2)OC(CO)(Sc2ccccc2)C[C@@H]1OC(=O)c1ccccc1. The van der Waals surface area contributed by atoms with Gasteiger partial charge in [-0.1, -0.05) is 109 Å². The molecule has 1 unspecified atom stereocenters. The summed E-state index contributed by atoms with van der Waals surface area (Å²) < 4.78 is 37.1. The molecule has 0 bridgehead atoms. The fourth-order valence-electron chi connectivity index (χ4n) is 7.04. The number of thioether (sulfide) groups is 1. The number of benzene rings is 4. The largest absolute Gasteiger partial charge is 0.458 e. The fourth-order valence-corrected chi connectivity index (χ4v) is 8.23. The van der Waals surface area contributed by atoms with Crippen LogP contribution >= 0.6 is 11.8 Å². The number of hydrogen-bond acceptors (Lipinski definition) is 15. The number of pyridine rings is 2. The Morgan fingerprint density at radius 3 is 1.80 bits per heavy atom. The van der Waals surface area contributed by atoms with Crippen LogP contribution in [0.5, 0.6) is 0 Å². The van der Waals surface area contributed by atoms with Crippen molar-refractivity contribution in [3.05, 3.63) is 198 Å². The van der Waals surface area contributed by atoms with Crippen molar-refractivity contribution >= 4 is 41.5 Å². The Morgan fingerprint density at radius 1 is 0.682 bits per heavy atom. The van der Waals surface area contributed by atoms with Crippen LogP contribution in [0.2, 0.25) is 0 Å². The summed E-state index contributed by atoms with van der Waals surface area (Å²) in [6, 6.07) is 41.9. The first-order chi connectivity index (χ1) is 32.2. The maximum Gasteiger partial charge on any atom is 0.357 e. The molecule has 2 aromatic heterocycles. The highest BCUT2D eigenvalue weighted by Gasteiger charge is 2.56. The van der Waals surface area contributed by atoms with Crippen LogP contribution in [0, 0.1) is 0 Å². The molecule has 66 heavy (non-hydrogen) atoms. The van der Waals surface area contributed by atoms with Gasteiger partial charge < -0.3 is 38.8 Å². The number of aliphatic hydroxyl groups excluding tert-OH is 1. The molecule has 3 heterocycles. The molecule has 0 spiro atoms. The van der Waals surface area contributed by atoms with E-state index in [1.807, 2.05) is 30.3 Å². The Morgan fingerprint density at radius 2 is 1.23 bits per heavy atom. The second-order valence-corrected chi connectivity index (χ2v) is 16.3. The standard InChI is InChI=1S/C50H45N3O12S/c54-33-50(66-37-23-11-4-12-24-37)29-40(62-47(57)36-21-9-3-10-22-36)43(53-42(55)32-60-30-34-17-5-1-6-18-34)45(65-50)44(64-49(59)39-26-14-16-28-52-39)41(63-48(58)38-25-13-15-27-51-38)31-61-46(56)35-19-7-2-8-20-35/h1-28,40-41,43-45,54H,29-33H2,(H,53,55)/t40-,41+,43+,44+,45+,50?/m0/s1. The third-order valence-corrected chi connectivity index (χ3v) is 11.4. The van der Waals surface area contributed by atoms with Crippen molar-refractivity contribution in [2.24, 2.45) is 0 Å². The summed E-state index contributed by atoms with van der Waals surface area (Å²) >= 11 is 1.09. The number of ether oxygens (including phenoxy) is 6. The molecule has 1 amide bonds. The summed E-state index contributed by atoms with van der Waals surface area (Å²) in [6.07, 6.45) is -4.01. The number of esters is 4. The van der Waals surface area contributed by atoms with Gasteiger partial charge in [0.1, 0.15) is 41.7 Å². The molecule has 16 heteroatoms. The summed E-state index contributed by atoms with van der Waals surface area (Å²) in [6.45, 7) is -1.84. The summed E-state index contributed by atoms with van der Waals surface area (Å²) in [5.74, 6) is -4.31. The Kier molecular flexibility index (Phi) is 16.4. The van der Waals surface area contributed by atoms with Crippen LogP contribution in [0.3, 0.4) is 0 Å². The molecule has 15 nitrogen and oxygen atoms in total. The van der Waals surface area contributed by atoms with Gasteiger partial charge in [0.15, 0.2) is 12.2 Å². The average Bonchev–Trinajstić information content (AvgIpc) is 3.36. The highest BCUT2D eigenvalue weighted by molar-refractivity contribution is 8.00. The number of nitrogens with one attached hydrogen (secondary N) is 1. The molecule has 0 saturated carbocycles. The van der Waals surface area contributed by atoms with Crippen LogP contribution in [-0.4, -0.2) is 100 Å². The summed E-state index contributed by atoms with van der Waals surface area (Å²) in [4.78, 5) is 77.1. The molecule has 6 aromatic rings. The van der Waals surface area contributed by atoms with Crippen LogP contribution in [0.25, 0.3) is 0 Å². The molecule has 1 aliphatic rings. The number of aliphatic hydroxyl groups is 1. The van der Waals surface area contributed by atoms with Gasteiger partial charge in [-0.15, -0.1) is 0 Å². The molecule has 1 aliphatic heterocycles. The maximum absolute atomic E-state index is 14.2. The molecule has 0 aliphatic carbocycles. The zero-order valence-electron chi connectivity index (χ0n) is 35.3. The molecule has 7 rings (SSSR count). The van der Waals surface area contributed by atoms with Crippen molar-refractivity contribution in [3.8, 4) is 0 Å². The normalized spacial score (nSPS) is 18.7. The van der Waals surface area contributed by atoms with Gasteiger partial charge in [-0.05, 0) is 66.2 Å². The van der Waals surface area contributed by atoms with Gasteiger partial charge in [-0.25, -0.2) is 29.1 Å². The Hall–Kier alpha value is -7.24. The topological polar surface area (TPSA) is 199 Å². The number of carbonyl (C=O) groups is 5. The fraction of sp³-hybridized carbons (Fsp3) is 0.220. The van der Waals surface area contributed by atoms with Gasteiger partial charge in [0.05, 0.1) is 30.4 Å². The zero-order valence-corrected chi connectivity index (χ0v) is 36.1. The first-order valence-electron chi connectivity index (χ1n) is 20.9. The van der Waals surface area contributed by atoms with E-state index in [1.165, 1.54) is 36.7 Å². The zero-order chi connectivity index (χ0) is 46.1. The molecule has 4 aromatic carbocycles. The lowest BCUT2D eigenvalue weighted by Crippen LogP contribution is -2.67. The molecule has 338 valence electrons. The number of hydrogen-bond donors (Lipinski definition) is 2. The van der Waals surface area contributed by atoms with E-state index in [9.17, 15) is 29.1 Å². The molecular weight excluding hydrogens is 867 g/mol. The average molecular weight is 912 g/mol. The predicted octanol–water partition coefficient (Wildman–Crippen LogP) is 6.28. The number of carbonyl (C=O) groups excluding carboxylic acids is 5. The van der Waals surface area contributed by atoms with E-state index in [1.54, 1.807) is 103 Å². The Balaban J connectivity index is 1.34. The first kappa shape index (κ1) is 46.7. The summed E-state index contributed by atoms with van der Waals surface area (Å²) in [5, 5.41) is 14.3. The number of rotatable bonds is 19. The Labute approximate surface area is 384 Å². The van der Waals surface area contributed by atoms with Gasteiger partial charge in [0, 0.05) is 23.7 Å². The van der Waals surface area contributed by atoms with Gasteiger partial charge >= 0.3 is 23.9 Å². The van der Waals surface area contributed by atoms with Crippen molar-refractivity contribution < 1.29 is 57.5 Å². The van der Waals surface area contributed by atoms with Crippen LogP contribution < -0.4 is 5.32 Å². The van der Waals surface area contributed by atoms with Crippen molar-refractivity contribution in [3.63, 3.8) is 0 Å². The molecule has 6 atom stereocenters. The van der Waals surface area contributed by atoms with Gasteiger partial charge in [-0.3, -0.25) is 4.79 Å². The number of amides is 1. The second kappa shape index (κ2) is 23.1. The number of nitrogens with zero attached hydrogens (tertiary/aromatic N) is 2. The third kappa shape index (κ3) is 12.7. The van der Waals surface area contributed by atoms with Crippen molar-refractivity contribution in [1.29, 1.82) is 0 Å². The molecule has 1 fully saturated rings. The molecule has 2 N–H and O–H groups in total. The monoisotopic (exact) mass is 911 g/mol. The molecule has 0 radical (unpaired) electrons. The second-order valence-electron chi connectivity index (χ2n) is 14.9. The maximum atomic E-state index is 14.2. The minimum absolute atomic E-state index is 0.0786. The summed E-state index contributed by atoms with van der Waals surface area (Å²) in [5.41, 5.74) is 0.832. The number of aromatic nitrogens is 2. The van der Waals surface area contributed by atoms with Gasteiger partial charge in [-0.2, -0.15) is 0 Å². The van der Waals surface area contributed by atoms with Crippen molar-refractivity contribution in [2.45, 2.75) is 53.3 Å². The van der Waals surface area contributed by atoms with E-state index in [0.29, 0.717) is 4.90 Å². The third-order valence-electron chi connectivity index (χ3n) is 10.2. The van der Waals surface area contributed by atoms with E-state index < -0.39 is 85.0 Å². The highest BCUT2D eigenvalue weighted by atomic mass is 32.2. The predicted molar refractivity (Wildman–Crippen MR) is 239 cm³/mol. The van der Waals surface area contributed by atoms with Crippen molar-refractivity contribution in [1.82, 2.24) is 15.3 Å². The molecule has 1 saturated heterocycles. The van der Waals surface area contributed by atoms with Gasteiger partial charge in [0.25, 0.3) is 0 Å². The lowest BCUT2D eigenvalue weighted by molar-refractivity contribution is -0.201. The van der Waals surface area contributed by atoms with E-state index in [2.05, 4.69) is 15.3 Å². The van der Waals surface area contributed by atoms with E-state index in [0.717, 1.165) is 17.3 Å². The minimum atomic E-state index is -1.81. The smallest absolute Gasteiger partial charge is 0.357 e. The van der Waals surface area contributed by atoms with E-state index in [-0.39, 0.29) is 35.5 Å². The summed E-state index contributed by atoms with van der Waals surface area (Å²) in [7, 11) is 0. The minimum Gasteiger partial charge on any atom is -0.458 e. The van der Waals surface area contributed by atoms with E-state index in [4.69, 9.17) is 28.4 Å². The van der Waals surface area contributed by atoms with Crippen LogP contribution in [-0.2, 0) is 39.8 Å². The highest BCUT2D eigenvalue weighted by Crippen LogP contribution is 2.45. The van der Waals surface area contributed by atoms with Crippen LogP contribution in [0.4, 0.5) is 0 Å². The first-order valence-corrected chi connectivity index (χ1v) is 21.7. The quantitative estimate of drug-likeness (QED) is 0.0679. The van der Waals surface area contributed by atoms with Crippen molar-refractivity contribution in [2.75, 3.05) is 19.8 Å². The van der Waals surface area contributed by atoms with Crippen LogP contribution in [0.1, 0.15) is 53.7 Å². The Bertz CT molecular complexity index is 2510. The van der Waals surface area contributed by atoms with Gasteiger partial charge in [0.2, 0.25) is 5.91 Å². The van der Waals surface area contributed by atoms with E-state index >= 15 is 0 Å². The molecular formula is C50H45N3O12S. The lowest BCUT2D eigenvalue weighted by atomic mass is 9.89. The lowest BCUT2D eigenvalue weighted by Gasteiger charge is -2.49. The van der Waals surface area contributed by atoms with Crippen LogP contribution in [0.15, 0.2) is 175 Å².